The molecule has 11 heteroatoms. The van der Waals surface area contributed by atoms with Crippen molar-refractivity contribution in [1.82, 2.24) is 20.1 Å². The first-order valence-corrected chi connectivity index (χ1v) is 15.0. The van der Waals surface area contributed by atoms with Gasteiger partial charge in [0.1, 0.15) is 23.4 Å². The second-order valence-corrected chi connectivity index (χ2v) is 11.3. The van der Waals surface area contributed by atoms with Crippen LogP contribution in [-0.4, -0.2) is 85.0 Å². The molecule has 2 aliphatic heterocycles. The van der Waals surface area contributed by atoms with Crippen molar-refractivity contribution >= 4 is 17.6 Å². The molecule has 0 bridgehead atoms. The van der Waals surface area contributed by atoms with Gasteiger partial charge in [0, 0.05) is 56.0 Å². The van der Waals surface area contributed by atoms with Crippen LogP contribution in [0, 0.1) is 17.2 Å². The van der Waals surface area contributed by atoms with Crippen LogP contribution in [0.1, 0.15) is 61.6 Å². The quantitative estimate of drug-likeness (QED) is 0.359. The smallest absolute Gasteiger partial charge is 0.272 e. The number of alkyl halides is 1. The number of ether oxygens (including phenoxy) is 2. The molecule has 3 heterocycles. The molecular weight excluding hydrogens is 577 g/mol. The summed E-state index contributed by atoms with van der Waals surface area (Å²) in [7, 11) is 3.13. The Kier molecular flexibility index (Phi) is 10.0. The van der Waals surface area contributed by atoms with Crippen LogP contribution >= 0.6 is 0 Å². The average Bonchev–Trinajstić information content (AvgIpc) is 3.09. The lowest BCUT2D eigenvalue weighted by Crippen LogP contribution is -2.52. The molecule has 2 amide bonds. The van der Waals surface area contributed by atoms with Gasteiger partial charge in [0.15, 0.2) is 5.78 Å². The van der Waals surface area contributed by atoms with Crippen molar-refractivity contribution in [3.8, 4) is 17.6 Å². The van der Waals surface area contributed by atoms with Gasteiger partial charge in [-0.15, -0.1) is 0 Å². The van der Waals surface area contributed by atoms with Gasteiger partial charge in [-0.05, 0) is 73.9 Å². The van der Waals surface area contributed by atoms with E-state index in [9.17, 15) is 19.6 Å². The molecule has 2 unspecified atom stereocenters. The molecule has 5 rings (SSSR count). The Morgan fingerprint density at radius 1 is 0.978 bits per heavy atom. The molecule has 10 nitrogen and oxygen atoms in total. The number of piperidine rings is 2. The van der Waals surface area contributed by atoms with Crippen LogP contribution in [0.2, 0.25) is 0 Å². The molecule has 45 heavy (non-hydrogen) atoms. The van der Waals surface area contributed by atoms with E-state index in [0.29, 0.717) is 68.1 Å². The van der Waals surface area contributed by atoms with E-state index < -0.39 is 18.1 Å². The highest BCUT2D eigenvalue weighted by molar-refractivity contribution is 5.99. The van der Waals surface area contributed by atoms with Gasteiger partial charge in [-0.3, -0.25) is 24.3 Å². The Bertz CT molecular complexity index is 1570. The van der Waals surface area contributed by atoms with Gasteiger partial charge in [-0.1, -0.05) is 0 Å². The largest absolute Gasteiger partial charge is 0.497 e. The number of Topliss-reactive ketones (excluding diaryl/α,β-unsaturated/α-hetero) is 1. The molecule has 0 spiro atoms. The fourth-order valence-electron chi connectivity index (χ4n) is 5.89. The van der Waals surface area contributed by atoms with Crippen molar-refractivity contribution in [1.29, 1.82) is 5.26 Å². The number of carbonyl (C=O) groups excluding carboxylic acids is 3. The van der Waals surface area contributed by atoms with Gasteiger partial charge >= 0.3 is 0 Å². The molecule has 1 aromatic heterocycles. The zero-order valence-electron chi connectivity index (χ0n) is 25.4. The number of aromatic nitrogens is 1. The second-order valence-electron chi connectivity index (χ2n) is 11.3. The van der Waals surface area contributed by atoms with Crippen LogP contribution < -0.4 is 14.8 Å². The molecule has 2 aromatic carbocycles. The van der Waals surface area contributed by atoms with Crippen molar-refractivity contribution in [3.63, 3.8) is 0 Å². The Labute approximate surface area is 261 Å². The second kappa shape index (κ2) is 14.3. The van der Waals surface area contributed by atoms with Crippen LogP contribution in [0.3, 0.4) is 0 Å². The summed E-state index contributed by atoms with van der Waals surface area (Å²) in [6.45, 7) is 1.97. The molecule has 2 aliphatic rings. The van der Waals surface area contributed by atoms with Crippen molar-refractivity contribution in [2.24, 2.45) is 5.92 Å². The van der Waals surface area contributed by atoms with Gasteiger partial charge in [0.25, 0.3) is 11.8 Å². The summed E-state index contributed by atoms with van der Waals surface area (Å²) in [6.07, 6.45) is 1.56. The van der Waals surface area contributed by atoms with Crippen LogP contribution in [0.25, 0.3) is 0 Å². The van der Waals surface area contributed by atoms with Crippen molar-refractivity contribution < 1.29 is 28.2 Å². The maximum absolute atomic E-state index is 15.2. The number of amides is 2. The van der Waals surface area contributed by atoms with Gasteiger partial charge in [0.2, 0.25) is 0 Å². The number of methoxy groups -OCH3 is 2. The van der Waals surface area contributed by atoms with Crippen LogP contribution in [0.15, 0.2) is 60.8 Å². The number of rotatable bonds is 9. The third-order valence-corrected chi connectivity index (χ3v) is 8.52. The summed E-state index contributed by atoms with van der Waals surface area (Å²) in [5, 5.41) is 12.0. The summed E-state index contributed by atoms with van der Waals surface area (Å²) in [6, 6.07) is 16.7. The standard InChI is InChI=1S/C34H36FN5O5/c1-44-27-7-4-23(5-8-27)32(41)24-11-15-40(16-12-24)34(43)30-9-6-25(19-37-30)33(42)38-29-13-14-39(21-28(29)35)20-26-17-22(18-36)3-10-31(26)45-2/h3-10,17,19,24,28-29H,11-16,20-21H2,1-2H3,(H,38,42). The van der Waals surface area contributed by atoms with E-state index in [1.165, 1.54) is 18.3 Å². The zero-order chi connectivity index (χ0) is 31.9. The average molecular weight is 614 g/mol. The van der Waals surface area contributed by atoms with Crippen LogP contribution in [0.5, 0.6) is 11.5 Å². The number of carbonyl (C=O) groups is 3. The number of nitrogens with one attached hydrogen (secondary N) is 1. The minimum absolute atomic E-state index is 0.0602. The van der Waals surface area contributed by atoms with Gasteiger partial charge in [-0.25, -0.2) is 4.39 Å². The number of benzene rings is 2. The highest BCUT2D eigenvalue weighted by Crippen LogP contribution is 2.26. The monoisotopic (exact) mass is 613 g/mol. The molecule has 1 N–H and O–H groups in total. The van der Waals surface area contributed by atoms with Crippen LogP contribution in [-0.2, 0) is 6.54 Å². The highest BCUT2D eigenvalue weighted by Gasteiger charge is 2.32. The van der Waals surface area contributed by atoms with E-state index in [-0.39, 0.29) is 35.4 Å². The molecule has 2 fully saturated rings. The Balaban J connectivity index is 1.10. The summed E-state index contributed by atoms with van der Waals surface area (Å²) in [5.41, 5.74) is 2.39. The van der Waals surface area contributed by atoms with E-state index >= 15 is 4.39 Å². The van der Waals surface area contributed by atoms with E-state index in [0.717, 1.165) is 5.56 Å². The summed E-state index contributed by atoms with van der Waals surface area (Å²) < 4.78 is 25.7. The number of pyridine rings is 1. The van der Waals surface area contributed by atoms with Gasteiger partial charge in [0.05, 0.1) is 37.5 Å². The Morgan fingerprint density at radius 3 is 2.33 bits per heavy atom. The Morgan fingerprint density at radius 2 is 1.71 bits per heavy atom. The first kappa shape index (κ1) is 31.6. The zero-order valence-corrected chi connectivity index (χ0v) is 25.4. The molecule has 0 radical (unpaired) electrons. The lowest BCUT2D eigenvalue weighted by molar-refractivity contribution is 0.0645. The summed E-state index contributed by atoms with van der Waals surface area (Å²) >= 11 is 0. The first-order valence-electron chi connectivity index (χ1n) is 15.0. The van der Waals surface area contributed by atoms with Crippen LogP contribution in [0.4, 0.5) is 4.39 Å². The number of hydrogen-bond donors (Lipinski definition) is 1. The summed E-state index contributed by atoms with van der Waals surface area (Å²) in [4.78, 5) is 46.7. The minimum atomic E-state index is -1.29. The highest BCUT2D eigenvalue weighted by atomic mass is 19.1. The maximum Gasteiger partial charge on any atom is 0.272 e. The third kappa shape index (κ3) is 7.46. The molecule has 0 aliphatic carbocycles. The SMILES string of the molecule is COc1ccc(C(=O)C2CCN(C(=O)c3ccc(C(=O)NC4CCN(Cc5cc(C#N)ccc5OC)CC4F)cn3)CC2)cc1. The molecule has 234 valence electrons. The topological polar surface area (TPSA) is 125 Å². The van der Waals surface area contributed by atoms with E-state index in [1.807, 2.05) is 4.90 Å². The van der Waals surface area contributed by atoms with E-state index in [2.05, 4.69) is 16.4 Å². The molecule has 3 aromatic rings. The molecular formula is C34H36FN5O5. The maximum atomic E-state index is 15.2. The molecule has 0 saturated carbocycles. The van der Waals surface area contributed by atoms with Crippen molar-refractivity contribution in [2.45, 2.75) is 38.0 Å². The predicted octanol–water partition coefficient (Wildman–Crippen LogP) is 4.05. The number of likely N-dealkylation sites (tertiary alicyclic amines) is 2. The fourth-order valence-corrected chi connectivity index (χ4v) is 5.89. The first-order chi connectivity index (χ1) is 21.8. The number of hydrogen-bond acceptors (Lipinski definition) is 8. The molecule has 2 saturated heterocycles. The summed E-state index contributed by atoms with van der Waals surface area (Å²) in [5.74, 6) is 0.511. The minimum Gasteiger partial charge on any atom is -0.497 e. The Hall–Kier alpha value is -4.82. The van der Waals surface area contributed by atoms with Gasteiger partial charge < -0.3 is 19.7 Å². The van der Waals surface area contributed by atoms with E-state index in [4.69, 9.17) is 9.47 Å². The number of ketones is 1. The van der Waals surface area contributed by atoms with E-state index in [1.54, 1.807) is 61.6 Å². The lowest BCUT2D eigenvalue weighted by atomic mass is 9.88. The normalized spacial score (nSPS) is 18.9. The fraction of sp³-hybridized carbons (Fsp3) is 0.382. The number of nitriles is 1. The lowest BCUT2D eigenvalue weighted by Gasteiger charge is -2.35. The number of nitrogens with zero attached hydrogens (tertiary/aromatic N) is 4. The third-order valence-electron chi connectivity index (χ3n) is 8.52. The molecule has 2 atom stereocenters. The predicted molar refractivity (Wildman–Crippen MR) is 164 cm³/mol. The van der Waals surface area contributed by atoms with Crippen molar-refractivity contribution in [3.05, 3.63) is 88.7 Å². The number of halogens is 1. The van der Waals surface area contributed by atoms with Gasteiger partial charge in [-0.2, -0.15) is 5.26 Å². The van der Waals surface area contributed by atoms with Crippen molar-refractivity contribution in [2.75, 3.05) is 40.4 Å².